The minimum absolute atomic E-state index is 0.0927. The molecule has 3 aromatic rings. The minimum Gasteiger partial charge on any atom is -0.325 e. The van der Waals surface area contributed by atoms with Crippen molar-refractivity contribution >= 4 is 52.2 Å². The molecule has 0 unspecified atom stereocenters. The van der Waals surface area contributed by atoms with Gasteiger partial charge in [-0.1, -0.05) is 23.7 Å². The number of rotatable bonds is 7. The molecule has 0 aliphatic heterocycles. The molecule has 12 heteroatoms. The molecule has 0 bridgehead atoms. The summed E-state index contributed by atoms with van der Waals surface area (Å²) in [7, 11) is 0. The molecule has 34 heavy (non-hydrogen) atoms. The summed E-state index contributed by atoms with van der Waals surface area (Å²) in [6.45, 7) is 0. The summed E-state index contributed by atoms with van der Waals surface area (Å²) < 4.78 is 39.5. The quantitative estimate of drug-likeness (QED) is 0.223. The standard InChI is InChI=1S/C22H15ClF3N3O4S/c23-14-7-8-19(18(10-14)22(24,25)26)28-20(30)12-34-17-6-2-4-15(11-17)27-21(31)13-3-1-5-16(9-13)29(32)33/h1-11H,12H2,(H,27,31)(H,28,30). The third-order valence-corrected chi connectivity index (χ3v) is 5.57. The van der Waals surface area contributed by atoms with Crippen LogP contribution in [0.4, 0.5) is 30.2 Å². The van der Waals surface area contributed by atoms with Crippen LogP contribution in [0, 0.1) is 10.1 Å². The van der Waals surface area contributed by atoms with Gasteiger partial charge in [0.2, 0.25) is 5.91 Å². The maximum atomic E-state index is 13.2. The molecule has 0 aliphatic rings. The highest BCUT2D eigenvalue weighted by Crippen LogP contribution is 2.36. The fraction of sp³-hybridized carbons (Fsp3) is 0.0909. The average molecular weight is 510 g/mol. The average Bonchev–Trinajstić information content (AvgIpc) is 2.78. The lowest BCUT2D eigenvalue weighted by molar-refractivity contribution is -0.384. The Bertz CT molecular complexity index is 1250. The van der Waals surface area contributed by atoms with Crippen molar-refractivity contribution in [1.29, 1.82) is 0 Å². The van der Waals surface area contributed by atoms with Crippen molar-refractivity contribution < 1.29 is 27.7 Å². The fourth-order valence-corrected chi connectivity index (χ4v) is 3.75. The summed E-state index contributed by atoms with van der Waals surface area (Å²) in [6.07, 6.45) is -4.69. The fourth-order valence-electron chi connectivity index (χ4n) is 2.82. The second kappa shape index (κ2) is 10.6. The van der Waals surface area contributed by atoms with Crippen molar-refractivity contribution in [3.63, 3.8) is 0 Å². The van der Waals surface area contributed by atoms with Crippen LogP contribution in [0.3, 0.4) is 0 Å². The van der Waals surface area contributed by atoms with Gasteiger partial charge in [0.1, 0.15) is 0 Å². The molecule has 0 aliphatic carbocycles. The Morgan fingerprint density at radius 1 is 1.00 bits per heavy atom. The van der Waals surface area contributed by atoms with Crippen LogP contribution in [-0.2, 0) is 11.0 Å². The van der Waals surface area contributed by atoms with Crippen molar-refractivity contribution in [2.45, 2.75) is 11.1 Å². The van der Waals surface area contributed by atoms with Crippen molar-refractivity contribution in [2.24, 2.45) is 0 Å². The normalized spacial score (nSPS) is 11.1. The maximum absolute atomic E-state index is 13.2. The topological polar surface area (TPSA) is 101 Å². The monoisotopic (exact) mass is 509 g/mol. The number of nitrogens with one attached hydrogen (secondary N) is 2. The molecule has 0 aromatic heterocycles. The van der Waals surface area contributed by atoms with Gasteiger partial charge < -0.3 is 10.6 Å². The van der Waals surface area contributed by atoms with Gasteiger partial charge in [-0.2, -0.15) is 13.2 Å². The van der Waals surface area contributed by atoms with E-state index in [1.54, 1.807) is 24.3 Å². The number of nitrogens with zero attached hydrogens (tertiary/aromatic N) is 1. The lowest BCUT2D eigenvalue weighted by atomic mass is 10.1. The first-order valence-electron chi connectivity index (χ1n) is 9.48. The highest BCUT2D eigenvalue weighted by atomic mass is 35.5. The Balaban J connectivity index is 1.63. The SMILES string of the molecule is O=C(CSc1cccc(NC(=O)c2cccc([N+](=O)[O-])c2)c1)Nc1ccc(Cl)cc1C(F)(F)F. The number of thioether (sulfide) groups is 1. The number of nitro benzene ring substituents is 1. The summed E-state index contributed by atoms with van der Waals surface area (Å²) >= 11 is 6.68. The second-order valence-electron chi connectivity index (χ2n) is 6.81. The summed E-state index contributed by atoms with van der Waals surface area (Å²) in [5.41, 5.74) is -1.21. The predicted octanol–water partition coefficient (Wildman–Crippen LogP) is 6.25. The molecular weight excluding hydrogens is 495 g/mol. The van der Waals surface area contributed by atoms with Gasteiger partial charge in [-0.25, -0.2) is 0 Å². The number of non-ortho nitro benzene ring substituents is 1. The van der Waals surface area contributed by atoms with Gasteiger partial charge >= 0.3 is 6.18 Å². The van der Waals surface area contributed by atoms with Crippen LogP contribution in [0.25, 0.3) is 0 Å². The van der Waals surface area contributed by atoms with Gasteiger partial charge in [-0.05, 0) is 42.5 Å². The highest BCUT2D eigenvalue weighted by Gasteiger charge is 2.34. The maximum Gasteiger partial charge on any atom is 0.418 e. The number of benzene rings is 3. The number of amides is 2. The zero-order valence-electron chi connectivity index (χ0n) is 17.1. The molecule has 0 spiro atoms. The number of carbonyl (C=O) groups excluding carboxylic acids is 2. The van der Waals surface area contributed by atoms with Crippen LogP contribution in [0.5, 0.6) is 0 Å². The number of hydrogen-bond donors (Lipinski definition) is 2. The molecule has 0 saturated heterocycles. The first kappa shape index (κ1) is 25.1. The molecule has 7 nitrogen and oxygen atoms in total. The molecule has 176 valence electrons. The predicted molar refractivity (Wildman–Crippen MR) is 123 cm³/mol. The molecule has 0 heterocycles. The number of nitro groups is 1. The molecule has 0 atom stereocenters. The molecule has 2 amide bonds. The third-order valence-electron chi connectivity index (χ3n) is 4.34. The highest BCUT2D eigenvalue weighted by molar-refractivity contribution is 8.00. The van der Waals surface area contributed by atoms with Crippen LogP contribution < -0.4 is 10.6 Å². The van der Waals surface area contributed by atoms with Crippen LogP contribution in [0.1, 0.15) is 15.9 Å². The molecule has 0 saturated carbocycles. The summed E-state index contributed by atoms with van der Waals surface area (Å²) in [5.74, 6) is -1.42. The Hall–Kier alpha value is -3.57. The first-order chi connectivity index (χ1) is 16.0. The van der Waals surface area contributed by atoms with E-state index in [1.165, 1.54) is 24.3 Å². The zero-order chi connectivity index (χ0) is 24.9. The van der Waals surface area contributed by atoms with Crippen molar-refractivity contribution in [1.82, 2.24) is 0 Å². The number of carbonyl (C=O) groups is 2. The Morgan fingerprint density at radius 3 is 2.44 bits per heavy atom. The van der Waals surface area contributed by atoms with Crippen molar-refractivity contribution in [3.05, 3.63) is 93.0 Å². The number of anilines is 2. The Morgan fingerprint density at radius 2 is 1.74 bits per heavy atom. The Labute approximate surface area is 200 Å². The lowest BCUT2D eigenvalue weighted by Gasteiger charge is -2.14. The first-order valence-corrected chi connectivity index (χ1v) is 10.8. The van der Waals surface area contributed by atoms with Crippen molar-refractivity contribution in [2.75, 3.05) is 16.4 Å². The van der Waals surface area contributed by atoms with Gasteiger partial charge in [0.25, 0.3) is 11.6 Å². The smallest absolute Gasteiger partial charge is 0.325 e. The van der Waals surface area contributed by atoms with Gasteiger partial charge in [0, 0.05) is 33.3 Å². The van der Waals surface area contributed by atoms with E-state index >= 15 is 0 Å². The van der Waals surface area contributed by atoms with E-state index in [2.05, 4.69) is 10.6 Å². The summed E-state index contributed by atoms with van der Waals surface area (Å²) in [6, 6.07) is 14.7. The van der Waals surface area contributed by atoms with Crippen LogP contribution in [0.2, 0.25) is 5.02 Å². The van der Waals surface area contributed by atoms with E-state index in [4.69, 9.17) is 11.6 Å². The molecular formula is C22H15ClF3N3O4S. The van der Waals surface area contributed by atoms with E-state index < -0.39 is 34.2 Å². The molecule has 3 rings (SSSR count). The van der Waals surface area contributed by atoms with Crippen molar-refractivity contribution in [3.8, 4) is 0 Å². The van der Waals surface area contributed by atoms with Gasteiger partial charge in [0.05, 0.1) is 21.9 Å². The molecule has 2 N–H and O–H groups in total. The number of alkyl halides is 3. The van der Waals surface area contributed by atoms with E-state index in [0.29, 0.717) is 10.6 Å². The zero-order valence-corrected chi connectivity index (χ0v) is 18.6. The van der Waals surface area contributed by atoms with E-state index in [-0.39, 0.29) is 22.0 Å². The van der Waals surface area contributed by atoms with Gasteiger partial charge in [-0.15, -0.1) is 11.8 Å². The van der Waals surface area contributed by atoms with Crippen LogP contribution in [-0.4, -0.2) is 22.5 Å². The van der Waals surface area contributed by atoms with E-state index in [1.807, 2.05) is 0 Å². The van der Waals surface area contributed by atoms with Gasteiger partial charge in [0.15, 0.2) is 0 Å². The van der Waals surface area contributed by atoms with Crippen LogP contribution in [0.15, 0.2) is 71.6 Å². The minimum atomic E-state index is -4.69. The second-order valence-corrected chi connectivity index (χ2v) is 8.30. The molecule has 3 aromatic carbocycles. The van der Waals surface area contributed by atoms with Gasteiger partial charge in [-0.3, -0.25) is 19.7 Å². The Kier molecular flexibility index (Phi) is 7.79. The molecule has 0 fully saturated rings. The van der Waals surface area contributed by atoms with E-state index in [9.17, 15) is 32.9 Å². The van der Waals surface area contributed by atoms with Crippen LogP contribution >= 0.6 is 23.4 Å². The summed E-state index contributed by atoms with van der Waals surface area (Å²) in [4.78, 5) is 35.5. The number of halogens is 4. The number of hydrogen-bond acceptors (Lipinski definition) is 5. The third kappa shape index (κ3) is 6.72. The van der Waals surface area contributed by atoms with E-state index in [0.717, 1.165) is 30.0 Å². The lowest BCUT2D eigenvalue weighted by Crippen LogP contribution is -2.18. The largest absolute Gasteiger partial charge is 0.418 e. The molecule has 0 radical (unpaired) electrons. The summed E-state index contributed by atoms with van der Waals surface area (Å²) in [5, 5.41) is 15.6.